The predicted octanol–water partition coefficient (Wildman–Crippen LogP) is 5.69. The van der Waals surface area contributed by atoms with Gasteiger partial charge in [-0.1, -0.05) is 23.7 Å². The average molecular weight is 316 g/mol. The van der Waals surface area contributed by atoms with Gasteiger partial charge in [0.2, 0.25) is 0 Å². The zero-order valence-electron chi connectivity index (χ0n) is 11.8. The summed E-state index contributed by atoms with van der Waals surface area (Å²) >= 11 is 7.64. The molecule has 0 atom stereocenters. The smallest absolute Gasteiger partial charge is 0.152 e. The first kappa shape index (κ1) is 14.2. The molecule has 106 valence electrons. The number of furan rings is 1. The molecule has 21 heavy (non-hydrogen) atoms. The van der Waals surface area contributed by atoms with Crippen LogP contribution in [0.25, 0.3) is 22.7 Å². The molecule has 0 aliphatic rings. The van der Waals surface area contributed by atoms with Gasteiger partial charge >= 0.3 is 0 Å². The van der Waals surface area contributed by atoms with Gasteiger partial charge in [0.1, 0.15) is 11.5 Å². The van der Waals surface area contributed by atoms with Crippen LogP contribution in [0.1, 0.15) is 5.76 Å². The van der Waals surface area contributed by atoms with E-state index in [1.807, 2.05) is 49.4 Å². The number of rotatable bonds is 3. The zero-order chi connectivity index (χ0) is 14.8. The maximum atomic E-state index is 5.95. The van der Waals surface area contributed by atoms with Gasteiger partial charge in [0.05, 0.1) is 5.69 Å². The highest BCUT2D eigenvalue weighted by Crippen LogP contribution is 2.29. The predicted molar refractivity (Wildman–Crippen MR) is 88.9 cm³/mol. The zero-order valence-corrected chi connectivity index (χ0v) is 13.3. The number of hydrogen-bond acceptors (Lipinski definition) is 3. The molecule has 2 nitrogen and oxygen atoms in total. The molecule has 0 N–H and O–H groups in total. The van der Waals surface area contributed by atoms with E-state index in [2.05, 4.69) is 12.3 Å². The first-order valence-corrected chi connectivity index (χ1v) is 8.15. The Balaban J connectivity index is 2.10. The summed E-state index contributed by atoms with van der Waals surface area (Å²) in [6.45, 7) is 1.93. The largest absolute Gasteiger partial charge is 0.460 e. The van der Waals surface area contributed by atoms with E-state index in [1.165, 1.54) is 0 Å². The average Bonchev–Trinajstić information content (AvgIpc) is 2.94. The van der Waals surface area contributed by atoms with Crippen LogP contribution in [0.15, 0.2) is 57.8 Å². The second-order valence-corrected chi connectivity index (χ2v) is 6.01. The van der Waals surface area contributed by atoms with Crippen LogP contribution in [0, 0.1) is 6.92 Å². The molecule has 0 radical (unpaired) electrons. The molecular formula is C17H14ClNOS. The molecule has 2 heterocycles. The van der Waals surface area contributed by atoms with E-state index in [4.69, 9.17) is 21.0 Å². The standard InChI is InChI=1S/C17H14ClNOS/c1-11-3-8-17(20-11)16-10-14(21-2)9-15(19-16)12-4-6-13(18)7-5-12/h3-10H,1-2H3. The maximum absolute atomic E-state index is 5.95. The Hall–Kier alpha value is -1.71. The van der Waals surface area contributed by atoms with Crippen LogP contribution in [0.3, 0.4) is 0 Å². The number of hydrogen-bond donors (Lipinski definition) is 0. The molecule has 2 aromatic heterocycles. The molecule has 0 fully saturated rings. The summed E-state index contributed by atoms with van der Waals surface area (Å²) < 4.78 is 5.69. The molecule has 4 heteroatoms. The van der Waals surface area contributed by atoms with Gasteiger partial charge in [0.15, 0.2) is 5.76 Å². The Labute approximate surface area is 133 Å². The fourth-order valence-corrected chi connectivity index (χ4v) is 2.68. The molecule has 3 rings (SSSR count). The van der Waals surface area contributed by atoms with Crippen molar-refractivity contribution in [1.82, 2.24) is 4.98 Å². The molecule has 0 saturated carbocycles. The van der Waals surface area contributed by atoms with Crippen molar-refractivity contribution in [1.29, 1.82) is 0 Å². The van der Waals surface area contributed by atoms with Crippen molar-refractivity contribution < 1.29 is 4.42 Å². The third-order valence-corrected chi connectivity index (χ3v) is 4.13. The lowest BCUT2D eigenvalue weighted by Gasteiger charge is -2.07. The van der Waals surface area contributed by atoms with Gasteiger partial charge in [-0.3, -0.25) is 0 Å². The van der Waals surface area contributed by atoms with Crippen LogP contribution >= 0.6 is 23.4 Å². The van der Waals surface area contributed by atoms with Crippen LogP contribution in [-0.2, 0) is 0 Å². The summed E-state index contributed by atoms with van der Waals surface area (Å²) in [5, 5.41) is 0.724. The number of nitrogens with zero attached hydrogens (tertiary/aromatic N) is 1. The highest BCUT2D eigenvalue weighted by atomic mass is 35.5. The van der Waals surface area contributed by atoms with Crippen molar-refractivity contribution in [3.63, 3.8) is 0 Å². The first-order valence-electron chi connectivity index (χ1n) is 6.54. The minimum absolute atomic E-state index is 0.724. The molecule has 0 saturated heterocycles. The van der Waals surface area contributed by atoms with Crippen molar-refractivity contribution in [2.45, 2.75) is 11.8 Å². The molecule has 0 unspecified atom stereocenters. The number of halogens is 1. The van der Waals surface area contributed by atoms with Crippen LogP contribution in [0.2, 0.25) is 5.02 Å². The molecule has 0 amide bonds. The Bertz CT molecular complexity index is 765. The van der Waals surface area contributed by atoms with Crippen molar-refractivity contribution >= 4 is 23.4 Å². The highest BCUT2D eigenvalue weighted by Gasteiger charge is 2.09. The third kappa shape index (κ3) is 3.14. The maximum Gasteiger partial charge on any atom is 0.152 e. The van der Waals surface area contributed by atoms with Gasteiger partial charge in [-0.15, -0.1) is 11.8 Å². The number of benzene rings is 1. The fourth-order valence-electron chi connectivity index (χ4n) is 2.09. The van der Waals surface area contributed by atoms with Crippen molar-refractivity contribution in [2.75, 3.05) is 6.26 Å². The van der Waals surface area contributed by atoms with Gasteiger partial charge in [-0.25, -0.2) is 4.98 Å². The summed E-state index contributed by atoms with van der Waals surface area (Å²) in [6, 6.07) is 15.7. The van der Waals surface area contributed by atoms with Gasteiger partial charge in [-0.2, -0.15) is 0 Å². The number of aryl methyl sites for hydroxylation is 1. The van der Waals surface area contributed by atoms with Crippen molar-refractivity contribution in [2.24, 2.45) is 0 Å². The molecule has 3 aromatic rings. The summed E-state index contributed by atoms with van der Waals surface area (Å²) in [7, 11) is 0. The lowest BCUT2D eigenvalue weighted by atomic mass is 10.1. The van der Waals surface area contributed by atoms with E-state index >= 15 is 0 Å². The summed E-state index contributed by atoms with van der Waals surface area (Å²) in [4.78, 5) is 5.87. The molecule has 0 bridgehead atoms. The van der Waals surface area contributed by atoms with Crippen molar-refractivity contribution in [3.05, 3.63) is 59.3 Å². The van der Waals surface area contributed by atoms with Crippen LogP contribution in [-0.4, -0.2) is 11.2 Å². The Morgan fingerprint density at radius 2 is 1.71 bits per heavy atom. The molecule has 0 spiro atoms. The summed E-state index contributed by atoms with van der Waals surface area (Å²) in [5.41, 5.74) is 2.81. The van der Waals surface area contributed by atoms with Gasteiger partial charge in [-0.05, 0) is 49.6 Å². The molecule has 0 aliphatic carbocycles. The Kier molecular flexibility index (Phi) is 4.04. The monoisotopic (exact) mass is 315 g/mol. The topological polar surface area (TPSA) is 26.0 Å². The number of pyridine rings is 1. The lowest BCUT2D eigenvalue weighted by molar-refractivity contribution is 0.546. The normalized spacial score (nSPS) is 10.8. The lowest BCUT2D eigenvalue weighted by Crippen LogP contribution is -1.89. The minimum atomic E-state index is 0.724. The highest BCUT2D eigenvalue weighted by molar-refractivity contribution is 7.98. The van der Waals surface area contributed by atoms with Crippen LogP contribution in [0.5, 0.6) is 0 Å². The fraction of sp³-hybridized carbons (Fsp3) is 0.118. The summed E-state index contributed by atoms with van der Waals surface area (Å²) in [5.74, 6) is 1.67. The Morgan fingerprint density at radius 3 is 2.33 bits per heavy atom. The van der Waals surface area contributed by atoms with Crippen LogP contribution in [0.4, 0.5) is 0 Å². The van der Waals surface area contributed by atoms with E-state index < -0.39 is 0 Å². The second kappa shape index (κ2) is 5.96. The quantitative estimate of drug-likeness (QED) is 0.580. The summed E-state index contributed by atoms with van der Waals surface area (Å²) in [6.07, 6.45) is 2.05. The number of aromatic nitrogens is 1. The van der Waals surface area contributed by atoms with Gasteiger partial charge < -0.3 is 4.42 Å². The Morgan fingerprint density at radius 1 is 1.00 bits per heavy atom. The van der Waals surface area contributed by atoms with E-state index in [0.717, 1.165) is 38.4 Å². The second-order valence-electron chi connectivity index (χ2n) is 4.69. The third-order valence-electron chi connectivity index (χ3n) is 3.17. The first-order chi connectivity index (χ1) is 10.2. The molecule has 0 aliphatic heterocycles. The molecular weight excluding hydrogens is 302 g/mol. The van der Waals surface area contributed by atoms with Gasteiger partial charge in [0, 0.05) is 15.5 Å². The SMILES string of the molecule is CSc1cc(-c2ccc(Cl)cc2)nc(-c2ccc(C)o2)c1. The van der Waals surface area contributed by atoms with E-state index in [1.54, 1.807) is 11.8 Å². The molecule has 1 aromatic carbocycles. The van der Waals surface area contributed by atoms with E-state index in [-0.39, 0.29) is 0 Å². The van der Waals surface area contributed by atoms with Crippen LogP contribution < -0.4 is 0 Å². The van der Waals surface area contributed by atoms with Crippen molar-refractivity contribution in [3.8, 4) is 22.7 Å². The minimum Gasteiger partial charge on any atom is -0.460 e. The van der Waals surface area contributed by atoms with Gasteiger partial charge in [0.25, 0.3) is 0 Å². The van der Waals surface area contributed by atoms with E-state index in [0.29, 0.717) is 0 Å². The van der Waals surface area contributed by atoms with E-state index in [9.17, 15) is 0 Å². The number of thioether (sulfide) groups is 1.